The molecule has 108 valence electrons. The summed E-state index contributed by atoms with van der Waals surface area (Å²) in [5.74, 6) is 1.34. The number of hydrogen-bond acceptors (Lipinski definition) is 4. The standard InChI is InChI=1S/C15H18O4S/c1-2-11(15(16)17)6-9-20-12-4-5-13-14(10-12)19-8-3-7-18-13/h4-6,10H,2-3,7-9H2,1H3,(H,16,17). The number of ether oxygens (including phenoxy) is 2. The molecule has 1 aliphatic rings. The molecular formula is C15H18O4S. The number of hydrogen-bond donors (Lipinski definition) is 1. The van der Waals surface area contributed by atoms with Gasteiger partial charge in [0.25, 0.3) is 0 Å². The first-order valence-electron chi connectivity index (χ1n) is 6.65. The quantitative estimate of drug-likeness (QED) is 0.666. The molecule has 0 bridgehead atoms. The normalized spacial score (nSPS) is 14.8. The third-order valence-electron chi connectivity index (χ3n) is 2.95. The molecule has 2 rings (SSSR count). The van der Waals surface area contributed by atoms with Crippen molar-refractivity contribution in [1.82, 2.24) is 0 Å². The van der Waals surface area contributed by atoms with Crippen LogP contribution in [-0.2, 0) is 4.79 Å². The van der Waals surface area contributed by atoms with Crippen molar-refractivity contribution in [3.8, 4) is 11.5 Å². The van der Waals surface area contributed by atoms with Gasteiger partial charge in [0.1, 0.15) is 0 Å². The summed E-state index contributed by atoms with van der Waals surface area (Å²) in [6, 6.07) is 5.83. The highest BCUT2D eigenvalue weighted by atomic mass is 32.2. The summed E-state index contributed by atoms with van der Waals surface area (Å²) in [4.78, 5) is 11.9. The van der Waals surface area contributed by atoms with Gasteiger partial charge >= 0.3 is 5.97 Å². The van der Waals surface area contributed by atoms with Gasteiger partial charge in [-0.1, -0.05) is 13.0 Å². The molecule has 20 heavy (non-hydrogen) atoms. The minimum Gasteiger partial charge on any atom is -0.490 e. The van der Waals surface area contributed by atoms with Gasteiger partial charge < -0.3 is 14.6 Å². The highest BCUT2D eigenvalue weighted by molar-refractivity contribution is 7.99. The van der Waals surface area contributed by atoms with E-state index in [-0.39, 0.29) is 0 Å². The molecule has 0 aliphatic carbocycles. The lowest BCUT2D eigenvalue weighted by atomic mass is 10.2. The Kier molecular flexibility index (Phi) is 5.35. The lowest BCUT2D eigenvalue weighted by Crippen LogP contribution is -1.99. The van der Waals surface area contributed by atoms with Gasteiger partial charge in [-0.3, -0.25) is 0 Å². The smallest absolute Gasteiger partial charge is 0.331 e. The van der Waals surface area contributed by atoms with E-state index in [1.165, 1.54) is 0 Å². The summed E-state index contributed by atoms with van der Waals surface area (Å²) in [6.07, 6.45) is 3.19. The van der Waals surface area contributed by atoms with Crippen LogP contribution in [0.5, 0.6) is 11.5 Å². The number of fused-ring (bicyclic) bond motifs is 1. The van der Waals surface area contributed by atoms with Crippen molar-refractivity contribution in [2.24, 2.45) is 0 Å². The average Bonchev–Trinajstić information content (AvgIpc) is 2.67. The number of rotatable bonds is 5. The van der Waals surface area contributed by atoms with Crippen LogP contribution in [0.1, 0.15) is 19.8 Å². The second-order valence-electron chi connectivity index (χ2n) is 4.36. The molecule has 0 aromatic heterocycles. The maximum Gasteiger partial charge on any atom is 0.331 e. The minimum absolute atomic E-state index is 0.451. The number of carboxylic acid groups (broad SMARTS) is 1. The Labute approximate surface area is 122 Å². The number of benzene rings is 1. The van der Waals surface area contributed by atoms with E-state index in [9.17, 15) is 4.79 Å². The zero-order valence-corrected chi connectivity index (χ0v) is 12.2. The van der Waals surface area contributed by atoms with E-state index in [1.807, 2.05) is 25.1 Å². The fourth-order valence-electron chi connectivity index (χ4n) is 1.85. The van der Waals surface area contributed by atoms with Crippen molar-refractivity contribution in [3.05, 3.63) is 29.8 Å². The molecule has 0 radical (unpaired) electrons. The Hall–Kier alpha value is -1.62. The summed E-state index contributed by atoms with van der Waals surface area (Å²) in [5, 5.41) is 8.95. The minimum atomic E-state index is -0.841. The topological polar surface area (TPSA) is 55.8 Å². The van der Waals surface area contributed by atoms with Gasteiger partial charge in [0.2, 0.25) is 0 Å². The van der Waals surface area contributed by atoms with E-state index in [0.717, 1.165) is 22.8 Å². The fraction of sp³-hybridized carbons (Fsp3) is 0.400. The van der Waals surface area contributed by atoms with Crippen molar-refractivity contribution >= 4 is 17.7 Å². The van der Waals surface area contributed by atoms with E-state index in [2.05, 4.69) is 0 Å². The van der Waals surface area contributed by atoms with Crippen LogP contribution in [0.2, 0.25) is 0 Å². The fourth-order valence-corrected chi connectivity index (χ4v) is 2.69. The molecule has 0 amide bonds. The van der Waals surface area contributed by atoms with Crippen molar-refractivity contribution < 1.29 is 19.4 Å². The number of carboxylic acids is 1. The largest absolute Gasteiger partial charge is 0.490 e. The van der Waals surface area contributed by atoms with Crippen molar-refractivity contribution in [3.63, 3.8) is 0 Å². The summed E-state index contributed by atoms with van der Waals surface area (Å²) in [5.41, 5.74) is 0.451. The van der Waals surface area contributed by atoms with E-state index in [4.69, 9.17) is 14.6 Å². The lowest BCUT2D eigenvalue weighted by molar-refractivity contribution is -0.132. The molecule has 0 saturated heterocycles. The Morgan fingerprint density at radius 1 is 1.35 bits per heavy atom. The van der Waals surface area contributed by atoms with Gasteiger partial charge in [-0.2, -0.15) is 0 Å². The van der Waals surface area contributed by atoms with Gasteiger partial charge in [0.15, 0.2) is 11.5 Å². The van der Waals surface area contributed by atoms with Gasteiger partial charge in [-0.15, -0.1) is 11.8 Å². The molecule has 1 N–H and O–H groups in total. The summed E-state index contributed by atoms with van der Waals surface area (Å²) in [7, 11) is 0. The molecule has 5 heteroatoms. The predicted molar refractivity (Wildman–Crippen MR) is 78.8 cm³/mol. The molecule has 1 heterocycles. The molecule has 4 nitrogen and oxygen atoms in total. The SMILES string of the molecule is CCC(=CCSc1ccc2c(c1)OCCCO2)C(=O)O. The zero-order chi connectivity index (χ0) is 14.4. The second-order valence-corrected chi connectivity index (χ2v) is 5.45. The summed E-state index contributed by atoms with van der Waals surface area (Å²) >= 11 is 1.59. The maximum absolute atomic E-state index is 10.9. The summed E-state index contributed by atoms with van der Waals surface area (Å²) < 4.78 is 11.2. The average molecular weight is 294 g/mol. The van der Waals surface area contributed by atoms with Crippen molar-refractivity contribution in [2.45, 2.75) is 24.7 Å². The molecule has 1 aromatic rings. The molecule has 0 unspecified atom stereocenters. The van der Waals surface area contributed by atoms with E-state index >= 15 is 0 Å². The predicted octanol–water partition coefficient (Wildman–Crippen LogP) is 3.36. The van der Waals surface area contributed by atoms with Crippen LogP contribution in [0.15, 0.2) is 34.7 Å². The van der Waals surface area contributed by atoms with Crippen LogP contribution in [0.4, 0.5) is 0 Å². The number of thioether (sulfide) groups is 1. The Balaban J connectivity index is 2.00. The first-order valence-corrected chi connectivity index (χ1v) is 7.64. The third-order valence-corrected chi connectivity index (χ3v) is 3.87. The Morgan fingerprint density at radius 3 is 2.80 bits per heavy atom. The van der Waals surface area contributed by atoms with Crippen LogP contribution in [0, 0.1) is 0 Å². The molecule has 0 atom stereocenters. The third kappa shape index (κ3) is 3.93. The maximum atomic E-state index is 10.9. The Morgan fingerprint density at radius 2 is 2.10 bits per heavy atom. The first-order chi connectivity index (χ1) is 9.70. The molecule has 1 aliphatic heterocycles. The monoisotopic (exact) mass is 294 g/mol. The highest BCUT2D eigenvalue weighted by Gasteiger charge is 2.10. The van der Waals surface area contributed by atoms with E-state index in [0.29, 0.717) is 31.0 Å². The van der Waals surface area contributed by atoms with Crippen LogP contribution in [-0.4, -0.2) is 30.0 Å². The van der Waals surface area contributed by atoms with Gasteiger partial charge in [-0.25, -0.2) is 4.79 Å². The highest BCUT2D eigenvalue weighted by Crippen LogP contribution is 2.33. The Bertz CT molecular complexity index is 511. The van der Waals surface area contributed by atoms with Crippen LogP contribution < -0.4 is 9.47 Å². The van der Waals surface area contributed by atoms with Gasteiger partial charge in [0, 0.05) is 22.6 Å². The lowest BCUT2D eigenvalue weighted by Gasteiger charge is -2.08. The van der Waals surface area contributed by atoms with Crippen LogP contribution >= 0.6 is 11.8 Å². The van der Waals surface area contributed by atoms with Crippen molar-refractivity contribution in [1.29, 1.82) is 0 Å². The summed E-state index contributed by atoms with van der Waals surface area (Å²) in [6.45, 7) is 3.19. The van der Waals surface area contributed by atoms with E-state index < -0.39 is 5.97 Å². The van der Waals surface area contributed by atoms with Gasteiger partial charge in [0.05, 0.1) is 13.2 Å². The van der Waals surface area contributed by atoms with Crippen molar-refractivity contribution in [2.75, 3.05) is 19.0 Å². The zero-order valence-electron chi connectivity index (χ0n) is 11.4. The molecule has 0 fully saturated rings. The molecule has 0 spiro atoms. The van der Waals surface area contributed by atoms with E-state index in [1.54, 1.807) is 17.8 Å². The van der Waals surface area contributed by atoms with Crippen LogP contribution in [0.25, 0.3) is 0 Å². The number of aliphatic carboxylic acids is 1. The first kappa shape index (κ1) is 14.8. The molecule has 1 aromatic carbocycles. The second kappa shape index (κ2) is 7.24. The molecular weight excluding hydrogens is 276 g/mol. The number of carbonyl (C=O) groups is 1. The molecule has 0 saturated carbocycles. The van der Waals surface area contributed by atoms with Gasteiger partial charge in [-0.05, 0) is 24.6 Å². The van der Waals surface area contributed by atoms with Crippen LogP contribution in [0.3, 0.4) is 0 Å².